The summed E-state index contributed by atoms with van der Waals surface area (Å²) in [5.41, 5.74) is 1.97. The van der Waals surface area contributed by atoms with Crippen molar-refractivity contribution >= 4 is 17.5 Å². The summed E-state index contributed by atoms with van der Waals surface area (Å²) in [6, 6.07) is 2.00. The molecule has 16 heavy (non-hydrogen) atoms. The van der Waals surface area contributed by atoms with E-state index in [1.165, 1.54) is 0 Å². The first kappa shape index (κ1) is 11.7. The van der Waals surface area contributed by atoms with Crippen molar-refractivity contribution in [3.8, 4) is 0 Å². The van der Waals surface area contributed by atoms with Crippen LogP contribution in [0.3, 0.4) is 0 Å². The zero-order valence-electron chi connectivity index (χ0n) is 9.69. The van der Waals surface area contributed by atoms with E-state index in [0.717, 1.165) is 29.4 Å². The number of hydrogen-bond acceptors (Lipinski definition) is 4. The van der Waals surface area contributed by atoms with Crippen molar-refractivity contribution in [2.45, 2.75) is 19.4 Å². The van der Waals surface area contributed by atoms with Gasteiger partial charge in [-0.3, -0.25) is 9.48 Å². The van der Waals surface area contributed by atoms with E-state index >= 15 is 0 Å². The van der Waals surface area contributed by atoms with E-state index in [0.29, 0.717) is 6.42 Å². The molecule has 5 heteroatoms. The van der Waals surface area contributed by atoms with Crippen LogP contribution >= 0.6 is 11.8 Å². The molecule has 1 aliphatic rings. The van der Waals surface area contributed by atoms with Gasteiger partial charge in [0.15, 0.2) is 5.78 Å². The van der Waals surface area contributed by atoms with E-state index in [1.807, 2.05) is 31.8 Å². The van der Waals surface area contributed by atoms with Gasteiger partial charge in [-0.1, -0.05) is 0 Å². The minimum absolute atomic E-state index is 0.0222. The molecule has 2 heterocycles. The summed E-state index contributed by atoms with van der Waals surface area (Å²) in [6.07, 6.45) is 0.482. The van der Waals surface area contributed by atoms with Crippen LogP contribution in [0.25, 0.3) is 0 Å². The molecule has 1 saturated heterocycles. The Morgan fingerprint density at radius 3 is 3.12 bits per heavy atom. The minimum Gasteiger partial charge on any atom is -0.306 e. The van der Waals surface area contributed by atoms with Crippen LogP contribution in [0.15, 0.2) is 6.07 Å². The SMILES string of the molecule is Cc1cc(CC(=O)C2CSCCN2)n(C)n1. The van der Waals surface area contributed by atoms with E-state index in [-0.39, 0.29) is 11.8 Å². The van der Waals surface area contributed by atoms with Crippen LogP contribution < -0.4 is 5.32 Å². The van der Waals surface area contributed by atoms with E-state index in [2.05, 4.69) is 10.4 Å². The fourth-order valence-electron chi connectivity index (χ4n) is 1.90. The van der Waals surface area contributed by atoms with Crippen molar-refractivity contribution in [2.24, 2.45) is 7.05 Å². The number of thioether (sulfide) groups is 1. The number of carbonyl (C=O) groups is 1. The molecule has 2 rings (SSSR count). The summed E-state index contributed by atoms with van der Waals surface area (Å²) < 4.78 is 1.79. The highest BCUT2D eigenvalue weighted by atomic mass is 32.2. The predicted molar refractivity (Wildman–Crippen MR) is 65.8 cm³/mol. The molecule has 0 aliphatic carbocycles. The molecule has 1 fully saturated rings. The van der Waals surface area contributed by atoms with Crippen LogP contribution in [-0.4, -0.2) is 39.7 Å². The Hall–Kier alpha value is -0.810. The average Bonchev–Trinajstić information content (AvgIpc) is 2.59. The molecule has 0 radical (unpaired) electrons. The number of nitrogens with one attached hydrogen (secondary N) is 1. The van der Waals surface area contributed by atoms with E-state index in [9.17, 15) is 4.79 Å². The maximum absolute atomic E-state index is 12.0. The summed E-state index contributed by atoms with van der Waals surface area (Å²) >= 11 is 1.85. The van der Waals surface area contributed by atoms with Crippen LogP contribution in [0.4, 0.5) is 0 Å². The molecule has 1 aliphatic heterocycles. The van der Waals surface area contributed by atoms with Crippen molar-refractivity contribution in [3.63, 3.8) is 0 Å². The number of carbonyl (C=O) groups excluding carboxylic acids is 1. The van der Waals surface area contributed by atoms with Gasteiger partial charge in [0.05, 0.1) is 18.2 Å². The molecule has 1 atom stereocenters. The molecule has 1 aromatic rings. The number of Topliss-reactive ketones (excluding diaryl/α,β-unsaturated/α-hetero) is 1. The van der Waals surface area contributed by atoms with Crippen LogP contribution in [0, 0.1) is 6.92 Å². The Morgan fingerprint density at radius 1 is 1.75 bits per heavy atom. The Kier molecular flexibility index (Phi) is 3.66. The van der Waals surface area contributed by atoms with Crippen molar-refractivity contribution in [1.29, 1.82) is 0 Å². The number of aromatic nitrogens is 2. The maximum Gasteiger partial charge on any atom is 0.156 e. The first-order valence-corrected chi connectivity index (χ1v) is 6.65. The Morgan fingerprint density at radius 2 is 2.56 bits per heavy atom. The Bertz CT molecular complexity index is 383. The van der Waals surface area contributed by atoms with Gasteiger partial charge in [0.25, 0.3) is 0 Å². The lowest BCUT2D eigenvalue weighted by Crippen LogP contribution is -2.44. The summed E-state index contributed by atoms with van der Waals surface area (Å²) in [7, 11) is 1.89. The standard InChI is InChI=1S/C11H17N3OS/c1-8-5-9(14(2)13-8)6-11(15)10-7-16-4-3-12-10/h5,10,12H,3-4,6-7H2,1-2H3. The molecule has 1 N–H and O–H groups in total. The van der Waals surface area contributed by atoms with E-state index < -0.39 is 0 Å². The van der Waals surface area contributed by atoms with Crippen molar-refractivity contribution in [2.75, 3.05) is 18.1 Å². The number of ketones is 1. The van der Waals surface area contributed by atoms with Crippen molar-refractivity contribution in [1.82, 2.24) is 15.1 Å². The Balaban J connectivity index is 1.98. The second-order valence-electron chi connectivity index (χ2n) is 4.13. The normalized spacial score (nSPS) is 21.0. The lowest BCUT2D eigenvalue weighted by molar-refractivity contribution is -0.120. The number of nitrogens with zero attached hydrogens (tertiary/aromatic N) is 2. The summed E-state index contributed by atoms with van der Waals surface area (Å²) in [4.78, 5) is 12.0. The van der Waals surface area contributed by atoms with Gasteiger partial charge in [-0.15, -0.1) is 0 Å². The molecular weight excluding hydrogens is 222 g/mol. The Labute approximate surface area is 99.8 Å². The second-order valence-corrected chi connectivity index (χ2v) is 5.28. The molecule has 0 spiro atoms. The lowest BCUT2D eigenvalue weighted by atomic mass is 10.1. The van der Waals surface area contributed by atoms with Crippen LogP contribution in [0.5, 0.6) is 0 Å². The highest BCUT2D eigenvalue weighted by molar-refractivity contribution is 7.99. The fraction of sp³-hybridized carbons (Fsp3) is 0.636. The van der Waals surface area contributed by atoms with Gasteiger partial charge in [-0.05, 0) is 13.0 Å². The maximum atomic E-state index is 12.0. The van der Waals surface area contributed by atoms with Crippen molar-refractivity contribution in [3.05, 3.63) is 17.5 Å². The second kappa shape index (κ2) is 5.01. The van der Waals surface area contributed by atoms with Crippen LogP contribution in [-0.2, 0) is 18.3 Å². The summed E-state index contributed by atoms with van der Waals surface area (Å²) in [6.45, 7) is 2.88. The molecule has 1 unspecified atom stereocenters. The highest BCUT2D eigenvalue weighted by Gasteiger charge is 2.21. The topological polar surface area (TPSA) is 46.9 Å². The van der Waals surface area contributed by atoms with Crippen molar-refractivity contribution < 1.29 is 4.79 Å². The van der Waals surface area contributed by atoms with E-state index in [1.54, 1.807) is 4.68 Å². The molecule has 0 saturated carbocycles. The first-order valence-electron chi connectivity index (χ1n) is 5.50. The number of hydrogen-bond donors (Lipinski definition) is 1. The average molecular weight is 239 g/mol. The van der Waals surface area contributed by atoms with E-state index in [4.69, 9.17) is 0 Å². The van der Waals surface area contributed by atoms with Crippen LogP contribution in [0.1, 0.15) is 11.4 Å². The molecule has 0 bridgehead atoms. The van der Waals surface area contributed by atoms with Crippen LogP contribution in [0.2, 0.25) is 0 Å². The van der Waals surface area contributed by atoms with Gasteiger partial charge >= 0.3 is 0 Å². The third-order valence-corrected chi connectivity index (χ3v) is 3.83. The fourth-order valence-corrected chi connectivity index (χ4v) is 2.87. The monoisotopic (exact) mass is 239 g/mol. The molecule has 0 aromatic carbocycles. The van der Waals surface area contributed by atoms with Gasteiger partial charge < -0.3 is 5.32 Å². The summed E-state index contributed by atoms with van der Waals surface area (Å²) in [5, 5.41) is 7.51. The van der Waals surface area contributed by atoms with Gasteiger partial charge in [0.1, 0.15) is 0 Å². The quantitative estimate of drug-likeness (QED) is 0.836. The highest BCUT2D eigenvalue weighted by Crippen LogP contribution is 2.11. The molecule has 88 valence electrons. The third kappa shape index (κ3) is 2.65. The molecule has 0 amide bonds. The molecule has 4 nitrogen and oxygen atoms in total. The molecular formula is C11H17N3OS. The van der Waals surface area contributed by atoms with Gasteiger partial charge in [0.2, 0.25) is 0 Å². The third-order valence-electron chi connectivity index (χ3n) is 2.76. The first-order chi connectivity index (χ1) is 7.66. The predicted octanol–water partition coefficient (Wildman–Crippen LogP) is 0.545. The smallest absolute Gasteiger partial charge is 0.156 e. The number of aryl methyl sites for hydroxylation is 2. The largest absolute Gasteiger partial charge is 0.306 e. The molecule has 1 aromatic heterocycles. The zero-order valence-corrected chi connectivity index (χ0v) is 10.5. The minimum atomic E-state index is 0.0222. The number of rotatable bonds is 3. The summed E-state index contributed by atoms with van der Waals surface area (Å²) in [5.74, 6) is 2.28. The lowest BCUT2D eigenvalue weighted by Gasteiger charge is -2.21. The van der Waals surface area contributed by atoms with Gasteiger partial charge in [-0.25, -0.2) is 0 Å². The van der Waals surface area contributed by atoms with Gasteiger partial charge in [-0.2, -0.15) is 16.9 Å². The zero-order chi connectivity index (χ0) is 11.5. The van der Waals surface area contributed by atoms with Gasteiger partial charge in [0, 0.05) is 30.8 Å².